The smallest absolute Gasteiger partial charge is 0.406 e. The topological polar surface area (TPSA) is 12.5 Å². The zero-order valence-corrected chi connectivity index (χ0v) is 9.83. The SMILES string of the molecule is FC(F)(F)Oc1ccc(N2CC3(CCC3)C2)cc1. The van der Waals surface area contributed by atoms with Gasteiger partial charge in [0.2, 0.25) is 0 Å². The summed E-state index contributed by atoms with van der Waals surface area (Å²) in [6.07, 6.45) is -0.724. The van der Waals surface area contributed by atoms with Gasteiger partial charge in [0.05, 0.1) is 0 Å². The lowest BCUT2D eigenvalue weighted by atomic mass is 9.63. The molecule has 0 radical (unpaired) electrons. The molecular formula is C13H14F3NO. The molecule has 98 valence electrons. The predicted octanol–water partition coefficient (Wildman–Crippen LogP) is 3.58. The molecule has 1 saturated heterocycles. The molecule has 0 aromatic heterocycles. The summed E-state index contributed by atoms with van der Waals surface area (Å²) in [5.74, 6) is -0.162. The molecule has 0 atom stereocenters. The van der Waals surface area contributed by atoms with Crippen LogP contribution in [0.1, 0.15) is 19.3 Å². The third-order valence-electron chi connectivity index (χ3n) is 3.90. The summed E-state index contributed by atoms with van der Waals surface area (Å²) in [5.41, 5.74) is 1.49. The molecular weight excluding hydrogens is 243 g/mol. The first-order valence-electron chi connectivity index (χ1n) is 6.07. The molecule has 2 aliphatic rings. The average molecular weight is 257 g/mol. The molecule has 0 amide bonds. The van der Waals surface area contributed by atoms with Crippen LogP contribution < -0.4 is 9.64 Å². The lowest BCUT2D eigenvalue weighted by Gasteiger charge is -2.57. The second kappa shape index (κ2) is 3.80. The number of hydrogen-bond donors (Lipinski definition) is 0. The molecule has 1 saturated carbocycles. The fourth-order valence-electron chi connectivity index (χ4n) is 2.80. The minimum atomic E-state index is -4.62. The van der Waals surface area contributed by atoms with Crippen molar-refractivity contribution >= 4 is 5.69 Å². The lowest BCUT2D eigenvalue weighted by Crippen LogP contribution is -2.59. The Balaban J connectivity index is 1.62. The zero-order valence-electron chi connectivity index (χ0n) is 9.83. The largest absolute Gasteiger partial charge is 0.573 e. The predicted molar refractivity (Wildman–Crippen MR) is 61.6 cm³/mol. The van der Waals surface area contributed by atoms with Crippen LogP contribution in [0.3, 0.4) is 0 Å². The first-order chi connectivity index (χ1) is 8.46. The summed E-state index contributed by atoms with van der Waals surface area (Å²) in [5, 5.41) is 0. The van der Waals surface area contributed by atoms with E-state index in [9.17, 15) is 13.2 Å². The quantitative estimate of drug-likeness (QED) is 0.803. The number of nitrogens with zero attached hydrogens (tertiary/aromatic N) is 1. The molecule has 1 aromatic carbocycles. The number of alkyl halides is 3. The van der Waals surface area contributed by atoms with Gasteiger partial charge >= 0.3 is 6.36 Å². The maximum Gasteiger partial charge on any atom is 0.573 e. The molecule has 2 nitrogen and oxygen atoms in total. The highest BCUT2D eigenvalue weighted by Crippen LogP contribution is 2.49. The van der Waals surface area contributed by atoms with E-state index in [1.807, 2.05) is 0 Å². The molecule has 0 unspecified atom stereocenters. The summed E-state index contributed by atoms with van der Waals surface area (Å²) in [7, 11) is 0. The molecule has 18 heavy (non-hydrogen) atoms. The molecule has 1 aliphatic carbocycles. The van der Waals surface area contributed by atoms with Gasteiger partial charge in [0, 0.05) is 24.2 Å². The van der Waals surface area contributed by atoms with Gasteiger partial charge in [-0.05, 0) is 37.1 Å². The van der Waals surface area contributed by atoms with Gasteiger partial charge in [-0.3, -0.25) is 0 Å². The Morgan fingerprint density at radius 2 is 1.67 bits per heavy atom. The van der Waals surface area contributed by atoms with Gasteiger partial charge in [-0.15, -0.1) is 13.2 Å². The Bertz CT molecular complexity index is 429. The van der Waals surface area contributed by atoms with Crippen LogP contribution in [0, 0.1) is 5.41 Å². The van der Waals surface area contributed by atoms with Crippen molar-refractivity contribution in [3.63, 3.8) is 0 Å². The third kappa shape index (κ3) is 2.13. The van der Waals surface area contributed by atoms with Gasteiger partial charge < -0.3 is 9.64 Å². The summed E-state index contributed by atoms with van der Waals surface area (Å²) >= 11 is 0. The van der Waals surface area contributed by atoms with E-state index in [0.29, 0.717) is 5.41 Å². The van der Waals surface area contributed by atoms with Crippen molar-refractivity contribution in [1.29, 1.82) is 0 Å². The average Bonchev–Trinajstić information content (AvgIpc) is 2.13. The van der Waals surface area contributed by atoms with Crippen LogP contribution in [0.2, 0.25) is 0 Å². The van der Waals surface area contributed by atoms with Gasteiger partial charge in [0.1, 0.15) is 5.75 Å². The van der Waals surface area contributed by atoms with E-state index in [4.69, 9.17) is 0 Å². The number of hydrogen-bond acceptors (Lipinski definition) is 2. The summed E-state index contributed by atoms with van der Waals surface area (Å²) < 4.78 is 39.8. The third-order valence-corrected chi connectivity index (χ3v) is 3.90. The van der Waals surface area contributed by atoms with E-state index >= 15 is 0 Å². The highest BCUT2D eigenvalue weighted by Gasteiger charge is 2.47. The number of ether oxygens (including phenoxy) is 1. The number of benzene rings is 1. The van der Waals surface area contributed by atoms with Crippen molar-refractivity contribution in [1.82, 2.24) is 0 Å². The van der Waals surface area contributed by atoms with Crippen LogP contribution >= 0.6 is 0 Å². The maximum atomic E-state index is 12.0. The summed E-state index contributed by atoms with van der Waals surface area (Å²) in [6.45, 7) is 2.07. The van der Waals surface area contributed by atoms with E-state index in [1.165, 1.54) is 31.4 Å². The van der Waals surface area contributed by atoms with Crippen molar-refractivity contribution in [2.75, 3.05) is 18.0 Å². The highest BCUT2D eigenvalue weighted by molar-refractivity contribution is 5.52. The lowest BCUT2D eigenvalue weighted by molar-refractivity contribution is -0.274. The van der Waals surface area contributed by atoms with Crippen LogP contribution in [0.5, 0.6) is 5.75 Å². The monoisotopic (exact) mass is 257 g/mol. The minimum absolute atomic E-state index is 0.162. The Morgan fingerprint density at radius 1 is 1.06 bits per heavy atom. The number of anilines is 1. The van der Waals surface area contributed by atoms with Crippen molar-refractivity contribution < 1.29 is 17.9 Å². The first kappa shape index (κ1) is 11.7. The Kier molecular flexibility index (Phi) is 2.47. The molecule has 1 aliphatic heterocycles. The van der Waals surface area contributed by atoms with Gasteiger partial charge in [0.25, 0.3) is 0 Å². The molecule has 3 rings (SSSR count). The molecule has 1 spiro atoms. The highest BCUT2D eigenvalue weighted by atomic mass is 19.4. The molecule has 2 fully saturated rings. The van der Waals surface area contributed by atoms with E-state index in [0.717, 1.165) is 18.8 Å². The zero-order chi connectivity index (χ0) is 12.8. The van der Waals surface area contributed by atoms with E-state index in [-0.39, 0.29) is 5.75 Å². The number of rotatable bonds is 2. The Morgan fingerprint density at radius 3 is 2.11 bits per heavy atom. The van der Waals surface area contributed by atoms with Crippen molar-refractivity contribution in [3.05, 3.63) is 24.3 Å². The first-order valence-corrected chi connectivity index (χ1v) is 6.07. The molecule has 0 bridgehead atoms. The van der Waals surface area contributed by atoms with Crippen LogP contribution in [0.25, 0.3) is 0 Å². The van der Waals surface area contributed by atoms with Gasteiger partial charge in [0.15, 0.2) is 0 Å². The molecule has 0 N–H and O–H groups in total. The van der Waals surface area contributed by atoms with E-state index in [2.05, 4.69) is 9.64 Å². The van der Waals surface area contributed by atoms with Crippen molar-refractivity contribution in [3.8, 4) is 5.75 Å². The van der Waals surface area contributed by atoms with Gasteiger partial charge in [-0.25, -0.2) is 0 Å². The molecule has 5 heteroatoms. The van der Waals surface area contributed by atoms with Crippen molar-refractivity contribution in [2.24, 2.45) is 5.41 Å². The number of halogens is 3. The second-order valence-electron chi connectivity index (χ2n) is 5.25. The Hall–Kier alpha value is -1.39. The van der Waals surface area contributed by atoms with Crippen LogP contribution in [-0.2, 0) is 0 Å². The van der Waals surface area contributed by atoms with Crippen molar-refractivity contribution in [2.45, 2.75) is 25.6 Å². The van der Waals surface area contributed by atoms with Gasteiger partial charge in [-0.1, -0.05) is 6.42 Å². The standard InChI is InChI=1S/C13H14F3NO/c14-13(15,16)18-11-4-2-10(3-5-11)17-8-12(9-17)6-1-7-12/h2-5H,1,6-9H2. The fourth-order valence-corrected chi connectivity index (χ4v) is 2.80. The fraction of sp³-hybridized carbons (Fsp3) is 0.538. The van der Waals surface area contributed by atoms with Gasteiger partial charge in [-0.2, -0.15) is 0 Å². The summed E-state index contributed by atoms with van der Waals surface area (Å²) in [4.78, 5) is 2.20. The molecule has 1 aromatic rings. The van der Waals surface area contributed by atoms with Crippen LogP contribution in [0.15, 0.2) is 24.3 Å². The van der Waals surface area contributed by atoms with E-state index < -0.39 is 6.36 Å². The Labute approximate surface area is 103 Å². The van der Waals surface area contributed by atoms with Crippen LogP contribution in [0.4, 0.5) is 18.9 Å². The normalized spacial score (nSPS) is 21.4. The van der Waals surface area contributed by atoms with E-state index in [1.54, 1.807) is 12.1 Å². The summed E-state index contributed by atoms with van der Waals surface area (Å²) in [6, 6.07) is 6.11. The molecule has 1 heterocycles. The van der Waals surface area contributed by atoms with Crippen LogP contribution in [-0.4, -0.2) is 19.5 Å². The minimum Gasteiger partial charge on any atom is -0.406 e. The second-order valence-corrected chi connectivity index (χ2v) is 5.25. The maximum absolute atomic E-state index is 12.0.